The molecule has 1 fully saturated rings. The van der Waals surface area contributed by atoms with Crippen molar-refractivity contribution in [2.75, 3.05) is 13.7 Å². The normalized spacial score (nSPS) is 14.9. The fraction of sp³-hybridized carbons (Fsp3) is 0.500. The second kappa shape index (κ2) is 9.73. The molecule has 1 heterocycles. The highest BCUT2D eigenvalue weighted by Crippen LogP contribution is 2.24. The number of carbonyl (C=O) groups excluding carboxylic acids is 2. The highest BCUT2D eigenvalue weighted by molar-refractivity contribution is 5.94. The third-order valence-electron chi connectivity index (χ3n) is 5.38. The van der Waals surface area contributed by atoms with Crippen LogP contribution in [0.4, 0.5) is 4.39 Å². The zero-order valence-electron chi connectivity index (χ0n) is 17.3. The number of hydrogen-bond acceptors (Lipinski definition) is 5. The fourth-order valence-electron chi connectivity index (χ4n) is 3.88. The summed E-state index contributed by atoms with van der Waals surface area (Å²) in [5, 5.41) is 3.11. The fourth-order valence-corrected chi connectivity index (χ4v) is 3.88. The Labute approximate surface area is 174 Å². The van der Waals surface area contributed by atoms with Gasteiger partial charge in [-0.25, -0.2) is 9.18 Å². The number of methoxy groups -OCH3 is 1. The number of esters is 1. The third kappa shape index (κ3) is 4.80. The molecule has 0 aliphatic heterocycles. The molecular weight excluding hydrogens is 391 g/mol. The number of benzene rings is 1. The lowest BCUT2D eigenvalue weighted by Crippen LogP contribution is -2.37. The molecule has 7 nitrogen and oxygen atoms in total. The maximum absolute atomic E-state index is 14.3. The van der Waals surface area contributed by atoms with Crippen molar-refractivity contribution in [3.05, 3.63) is 39.9 Å². The predicted molar refractivity (Wildman–Crippen MR) is 110 cm³/mol. The Morgan fingerprint density at radius 2 is 1.90 bits per heavy atom. The van der Waals surface area contributed by atoms with Gasteiger partial charge >= 0.3 is 5.97 Å². The van der Waals surface area contributed by atoms with E-state index in [1.165, 1.54) is 36.8 Å². The minimum absolute atomic E-state index is 0.0843. The average Bonchev–Trinajstić information content (AvgIpc) is 2.98. The van der Waals surface area contributed by atoms with E-state index in [2.05, 4.69) is 5.32 Å². The molecule has 162 valence electrons. The number of nitrogens with zero attached hydrogens (tertiary/aromatic N) is 1. The summed E-state index contributed by atoms with van der Waals surface area (Å²) in [4.78, 5) is 37.8. The van der Waals surface area contributed by atoms with Crippen molar-refractivity contribution in [2.45, 2.75) is 58.0 Å². The van der Waals surface area contributed by atoms with E-state index in [0.717, 1.165) is 31.7 Å². The van der Waals surface area contributed by atoms with Crippen LogP contribution in [0.15, 0.2) is 23.1 Å². The zero-order chi connectivity index (χ0) is 21.7. The number of amides is 1. The van der Waals surface area contributed by atoms with E-state index in [-0.39, 0.29) is 47.3 Å². The molecule has 2 aromatic rings. The van der Waals surface area contributed by atoms with Crippen LogP contribution in [0.25, 0.3) is 10.9 Å². The first-order valence-electron chi connectivity index (χ1n) is 10.3. The monoisotopic (exact) mass is 418 g/mol. The van der Waals surface area contributed by atoms with Crippen molar-refractivity contribution in [1.29, 1.82) is 0 Å². The Balaban J connectivity index is 1.99. The van der Waals surface area contributed by atoms with Crippen LogP contribution in [0.3, 0.4) is 0 Å². The summed E-state index contributed by atoms with van der Waals surface area (Å²) in [6.07, 6.45) is 7.60. The Morgan fingerprint density at radius 1 is 1.20 bits per heavy atom. The van der Waals surface area contributed by atoms with Crippen LogP contribution < -0.4 is 15.5 Å². The van der Waals surface area contributed by atoms with Gasteiger partial charge in [0.25, 0.3) is 0 Å². The highest BCUT2D eigenvalue weighted by Gasteiger charge is 2.21. The van der Waals surface area contributed by atoms with Gasteiger partial charge in [-0.05, 0) is 25.8 Å². The summed E-state index contributed by atoms with van der Waals surface area (Å²) in [6.45, 7) is 1.59. The number of halogens is 1. The molecule has 0 spiro atoms. The van der Waals surface area contributed by atoms with Gasteiger partial charge in [0.1, 0.15) is 12.1 Å². The molecule has 0 radical (unpaired) electrons. The molecule has 0 bridgehead atoms. The molecule has 0 saturated heterocycles. The topological polar surface area (TPSA) is 86.6 Å². The van der Waals surface area contributed by atoms with Crippen LogP contribution >= 0.6 is 0 Å². The van der Waals surface area contributed by atoms with Crippen LogP contribution in [0, 0.1) is 5.82 Å². The molecule has 1 amide bonds. The van der Waals surface area contributed by atoms with E-state index < -0.39 is 17.2 Å². The smallest absolute Gasteiger partial charge is 0.343 e. The Hall–Kier alpha value is -2.90. The van der Waals surface area contributed by atoms with E-state index in [1.807, 2.05) is 0 Å². The Morgan fingerprint density at radius 3 is 2.53 bits per heavy atom. The largest absolute Gasteiger partial charge is 0.494 e. The quantitative estimate of drug-likeness (QED) is 0.575. The van der Waals surface area contributed by atoms with E-state index >= 15 is 0 Å². The maximum Gasteiger partial charge on any atom is 0.343 e. The number of fused-ring (bicyclic) bond motifs is 1. The lowest BCUT2D eigenvalue weighted by atomic mass is 10.1. The number of nitrogens with one attached hydrogen (secondary N) is 1. The highest BCUT2D eigenvalue weighted by atomic mass is 19.1. The second-order valence-corrected chi connectivity index (χ2v) is 7.48. The van der Waals surface area contributed by atoms with Crippen molar-refractivity contribution in [2.24, 2.45) is 0 Å². The standard InChI is InChI=1S/C22H27FN2O5/c1-3-30-22(28)16-12-25(13-20(26)24-14-8-6-4-5-7-9-14)18-11-17(23)19(29-2)10-15(18)21(16)27/h10-12,14H,3-9,13H2,1-2H3,(H,24,26). The lowest BCUT2D eigenvalue weighted by Gasteiger charge is -2.18. The number of aromatic nitrogens is 1. The number of hydrogen-bond donors (Lipinski definition) is 1. The summed E-state index contributed by atoms with van der Waals surface area (Å²) >= 11 is 0. The van der Waals surface area contributed by atoms with Gasteiger partial charge in [-0.2, -0.15) is 0 Å². The predicted octanol–water partition coefficient (Wildman–Crippen LogP) is 3.16. The van der Waals surface area contributed by atoms with Crippen LogP contribution in [0.1, 0.15) is 55.8 Å². The summed E-state index contributed by atoms with van der Waals surface area (Å²) in [5.74, 6) is -1.82. The second-order valence-electron chi connectivity index (χ2n) is 7.48. The summed E-state index contributed by atoms with van der Waals surface area (Å²) in [5.41, 5.74) is -0.593. The van der Waals surface area contributed by atoms with Crippen molar-refractivity contribution >= 4 is 22.8 Å². The first-order valence-corrected chi connectivity index (χ1v) is 10.3. The molecule has 8 heteroatoms. The van der Waals surface area contributed by atoms with Crippen molar-refractivity contribution in [1.82, 2.24) is 9.88 Å². The minimum atomic E-state index is -0.786. The van der Waals surface area contributed by atoms with Crippen molar-refractivity contribution < 1.29 is 23.5 Å². The van der Waals surface area contributed by atoms with Gasteiger partial charge in [-0.1, -0.05) is 25.7 Å². The number of carbonyl (C=O) groups is 2. The molecule has 1 aliphatic rings. The molecule has 1 N–H and O–H groups in total. The van der Waals surface area contributed by atoms with Gasteiger partial charge in [0.05, 0.1) is 24.6 Å². The Bertz CT molecular complexity index is 993. The van der Waals surface area contributed by atoms with Gasteiger partial charge in [-0.15, -0.1) is 0 Å². The average molecular weight is 418 g/mol. The maximum atomic E-state index is 14.3. The van der Waals surface area contributed by atoms with Crippen LogP contribution in [0.2, 0.25) is 0 Å². The van der Waals surface area contributed by atoms with E-state index in [1.54, 1.807) is 6.92 Å². The van der Waals surface area contributed by atoms with Crippen LogP contribution in [0.5, 0.6) is 5.75 Å². The van der Waals surface area contributed by atoms with Crippen LogP contribution in [-0.4, -0.2) is 36.2 Å². The molecule has 0 atom stereocenters. The van der Waals surface area contributed by atoms with Gasteiger partial charge in [0, 0.05) is 18.3 Å². The SMILES string of the molecule is CCOC(=O)c1cn(CC(=O)NC2CCCCCC2)c2cc(F)c(OC)cc2c1=O. The summed E-state index contributed by atoms with van der Waals surface area (Å²) in [7, 11) is 1.29. The molecular formula is C22H27FN2O5. The molecule has 3 rings (SSSR count). The van der Waals surface area contributed by atoms with Crippen molar-refractivity contribution in [3.63, 3.8) is 0 Å². The van der Waals surface area contributed by atoms with E-state index in [9.17, 15) is 18.8 Å². The molecule has 1 aliphatic carbocycles. The molecule has 1 aromatic carbocycles. The van der Waals surface area contributed by atoms with Crippen molar-refractivity contribution in [3.8, 4) is 5.75 Å². The van der Waals surface area contributed by atoms with Gasteiger partial charge in [0.15, 0.2) is 11.6 Å². The molecule has 1 aromatic heterocycles. The Kier molecular flexibility index (Phi) is 7.07. The molecule has 0 unspecified atom stereocenters. The number of ether oxygens (including phenoxy) is 2. The summed E-state index contributed by atoms with van der Waals surface area (Å²) < 4.78 is 25.7. The van der Waals surface area contributed by atoms with Gasteiger partial charge in [0.2, 0.25) is 11.3 Å². The minimum Gasteiger partial charge on any atom is -0.494 e. The number of rotatable bonds is 6. The lowest BCUT2D eigenvalue weighted by molar-refractivity contribution is -0.122. The molecule has 1 saturated carbocycles. The zero-order valence-corrected chi connectivity index (χ0v) is 17.3. The van der Waals surface area contributed by atoms with Gasteiger partial charge in [-0.3, -0.25) is 9.59 Å². The van der Waals surface area contributed by atoms with E-state index in [4.69, 9.17) is 9.47 Å². The number of pyridine rings is 1. The first kappa shape index (κ1) is 21.8. The van der Waals surface area contributed by atoms with Crippen LogP contribution in [-0.2, 0) is 16.1 Å². The molecule has 30 heavy (non-hydrogen) atoms. The third-order valence-corrected chi connectivity index (χ3v) is 5.38. The summed E-state index contributed by atoms with van der Waals surface area (Å²) in [6, 6.07) is 2.49. The first-order chi connectivity index (χ1) is 14.4. The van der Waals surface area contributed by atoms with Gasteiger partial charge < -0.3 is 19.4 Å². The van der Waals surface area contributed by atoms with E-state index in [0.29, 0.717) is 0 Å².